The van der Waals surface area contributed by atoms with Gasteiger partial charge in [0.2, 0.25) is 0 Å². The van der Waals surface area contributed by atoms with Crippen molar-refractivity contribution in [2.45, 2.75) is 90.5 Å². The lowest BCUT2D eigenvalue weighted by atomic mass is 9.83. The fraction of sp³-hybridized carbons (Fsp3) is 0.833. The zero-order chi connectivity index (χ0) is 20.1. The number of rotatable bonds is 10. The highest BCUT2D eigenvalue weighted by molar-refractivity contribution is 6.65. The summed E-state index contributed by atoms with van der Waals surface area (Å²) in [6.45, 7) is 10.4. The summed E-state index contributed by atoms with van der Waals surface area (Å²) >= 11 is 0. The molecule has 0 spiro atoms. The minimum atomic E-state index is -2.56. The molecule has 4 bridgehead atoms. The van der Waals surface area contributed by atoms with E-state index in [1.54, 1.807) is 0 Å². The number of allylic oxidation sites excluding steroid dienone is 4. The highest BCUT2D eigenvalue weighted by Gasteiger charge is 2.63. The highest BCUT2D eigenvalue weighted by Crippen LogP contribution is 2.61. The van der Waals surface area contributed by atoms with E-state index in [1.807, 2.05) is 20.8 Å². The number of unbranched alkanes of at least 4 members (excludes halogenated alkanes) is 1. The molecule has 3 nitrogen and oxygen atoms in total. The summed E-state index contributed by atoms with van der Waals surface area (Å²) in [6.07, 6.45) is 21.9. The standard InChI is InChI=1S/C13H24O3Si.C11H18/c1-4-14-17(15-5-2,16-6-3)13-9-7-12(11-13)8-10-13;1-2-3-6-11-7-4-10(9-11)5-8-11/h7,9,12H,4-6,8,10-11H2,1-3H3;4,7,10H,2-3,5-6,8-9H2,1H3. The van der Waals surface area contributed by atoms with Crippen LogP contribution in [0.1, 0.15) is 85.5 Å². The fourth-order valence-electron chi connectivity index (χ4n) is 5.95. The molecular weight excluding hydrogens is 364 g/mol. The lowest BCUT2D eigenvalue weighted by Crippen LogP contribution is -2.55. The first-order chi connectivity index (χ1) is 13.6. The van der Waals surface area contributed by atoms with Gasteiger partial charge in [0.25, 0.3) is 0 Å². The van der Waals surface area contributed by atoms with Gasteiger partial charge in [0, 0.05) is 19.8 Å². The summed E-state index contributed by atoms with van der Waals surface area (Å²) in [4.78, 5) is 0. The number of fused-ring (bicyclic) bond motifs is 4. The van der Waals surface area contributed by atoms with Crippen LogP contribution in [0.5, 0.6) is 0 Å². The van der Waals surface area contributed by atoms with E-state index in [-0.39, 0.29) is 5.04 Å². The summed E-state index contributed by atoms with van der Waals surface area (Å²) in [5.41, 5.74) is 0.681. The molecule has 0 aromatic heterocycles. The Hall–Kier alpha value is -0.423. The Morgan fingerprint density at radius 3 is 1.79 bits per heavy atom. The SMILES string of the molecule is CCCCC12C=CC(CC1)C2.CCO[Si](OCC)(OCC)C12C=CC(CC1)C2. The van der Waals surface area contributed by atoms with Crippen LogP contribution < -0.4 is 0 Å². The molecule has 0 saturated heterocycles. The van der Waals surface area contributed by atoms with Crippen molar-refractivity contribution in [2.24, 2.45) is 17.3 Å². The predicted molar refractivity (Wildman–Crippen MR) is 118 cm³/mol. The first kappa shape index (κ1) is 22.3. The van der Waals surface area contributed by atoms with Gasteiger partial charge in [0.1, 0.15) is 0 Å². The van der Waals surface area contributed by atoms with Gasteiger partial charge in [0.05, 0.1) is 5.04 Å². The third-order valence-corrected chi connectivity index (χ3v) is 11.2. The topological polar surface area (TPSA) is 27.7 Å². The molecule has 0 aliphatic heterocycles. The van der Waals surface area contributed by atoms with Crippen molar-refractivity contribution in [1.29, 1.82) is 0 Å². The second kappa shape index (κ2) is 9.59. The Morgan fingerprint density at radius 2 is 1.43 bits per heavy atom. The van der Waals surface area contributed by atoms with Gasteiger partial charge >= 0.3 is 8.80 Å². The van der Waals surface area contributed by atoms with Gasteiger partial charge < -0.3 is 13.3 Å². The molecule has 4 heteroatoms. The van der Waals surface area contributed by atoms with Gasteiger partial charge in [-0.15, -0.1) is 0 Å². The molecule has 4 aliphatic carbocycles. The van der Waals surface area contributed by atoms with E-state index in [0.29, 0.717) is 25.2 Å². The van der Waals surface area contributed by atoms with Crippen LogP contribution in [0, 0.1) is 17.3 Å². The Bertz CT molecular complexity index is 543. The highest BCUT2D eigenvalue weighted by atomic mass is 28.4. The molecule has 2 saturated carbocycles. The maximum absolute atomic E-state index is 6.06. The summed E-state index contributed by atoms with van der Waals surface area (Å²) < 4.78 is 18.2. The van der Waals surface area contributed by atoms with Gasteiger partial charge in [-0.1, -0.05) is 44.1 Å². The largest absolute Gasteiger partial charge is 0.511 e. The zero-order valence-corrected chi connectivity index (χ0v) is 19.7. The number of hydrogen-bond acceptors (Lipinski definition) is 3. The molecule has 4 atom stereocenters. The van der Waals surface area contributed by atoms with E-state index in [9.17, 15) is 0 Å². The van der Waals surface area contributed by atoms with Crippen molar-refractivity contribution in [3.63, 3.8) is 0 Å². The fourth-order valence-corrected chi connectivity index (χ4v) is 9.47. The molecule has 4 rings (SSSR count). The molecule has 0 aromatic rings. The summed E-state index contributed by atoms with van der Waals surface area (Å²) in [6, 6.07) is 0. The lowest BCUT2D eigenvalue weighted by Gasteiger charge is -2.40. The molecule has 0 radical (unpaired) electrons. The average molecular weight is 407 g/mol. The minimum absolute atomic E-state index is 0.0691. The maximum Gasteiger partial charge on any atom is 0.511 e. The third-order valence-electron chi connectivity index (χ3n) is 7.32. The molecule has 4 unspecified atom stereocenters. The van der Waals surface area contributed by atoms with E-state index in [2.05, 4.69) is 31.2 Å². The molecule has 0 N–H and O–H groups in total. The Labute approximate surface area is 174 Å². The van der Waals surface area contributed by atoms with Crippen LogP contribution in [-0.4, -0.2) is 28.6 Å². The monoisotopic (exact) mass is 406 g/mol. The van der Waals surface area contributed by atoms with Crippen LogP contribution in [-0.2, 0) is 13.3 Å². The van der Waals surface area contributed by atoms with E-state index in [0.717, 1.165) is 11.8 Å². The van der Waals surface area contributed by atoms with Gasteiger partial charge in [-0.05, 0) is 83.0 Å². The van der Waals surface area contributed by atoms with Crippen molar-refractivity contribution in [3.8, 4) is 0 Å². The molecule has 28 heavy (non-hydrogen) atoms. The minimum Gasteiger partial charge on any atom is -0.373 e. The van der Waals surface area contributed by atoms with Gasteiger partial charge in [0.15, 0.2) is 0 Å². The average Bonchev–Trinajstić information content (AvgIpc) is 3.48. The van der Waals surface area contributed by atoms with E-state index in [1.165, 1.54) is 57.8 Å². The van der Waals surface area contributed by atoms with Crippen LogP contribution in [0.3, 0.4) is 0 Å². The molecule has 2 fully saturated rings. The quantitative estimate of drug-likeness (QED) is 0.299. The third kappa shape index (κ3) is 4.35. The van der Waals surface area contributed by atoms with Gasteiger partial charge in [-0.3, -0.25) is 0 Å². The van der Waals surface area contributed by atoms with Crippen molar-refractivity contribution >= 4 is 8.80 Å². The second-order valence-corrected chi connectivity index (χ2v) is 12.2. The smallest absolute Gasteiger partial charge is 0.373 e. The summed E-state index contributed by atoms with van der Waals surface area (Å²) in [7, 11) is -2.56. The summed E-state index contributed by atoms with van der Waals surface area (Å²) in [5.74, 6) is 1.69. The van der Waals surface area contributed by atoms with E-state index in [4.69, 9.17) is 13.3 Å². The Kier molecular flexibility index (Phi) is 7.63. The normalized spacial score (nSPS) is 34.9. The van der Waals surface area contributed by atoms with Crippen molar-refractivity contribution in [1.82, 2.24) is 0 Å². The first-order valence-electron chi connectivity index (χ1n) is 11.9. The Morgan fingerprint density at radius 1 is 0.821 bits per heavy atom. The van der Waals surface area contributed by atoms with E-state index >= 15 is 0 Å². The zero-order valence-electron chi connectivity index (χ0n) is 18.7. The first-order valence-corrected chi connectivity index (χ1v) is 13.6. The summed E-state index contributed by atoms with van der Waals surface area (Å²) in [5, 5.41) is 0.0691. The van der Waals surface area contributed by atoms with Crippen molar-refractivity contribution in [2.75, 3.05) is 19.8 Å². The predicted octanol–water partition coefficient (Wildman–Crippen LogP) is 6.68. The van der Waals surface area contributed by atoms with Gasteiger partial charge in [-0.2, -0.15) is 0 Å². The molecule has 0 aromatic carbocycles. The van der Waals surface area contributed by atoms with Crippen LogP contribution in [0.25, 0.3) is 0 Å². The number of hydrogen-bond donors (Lipinski definition) is 0. The van der Waals surface area contributed by atoms with Crippen molar-refractivity contribution < 1.29 is 13.3 Å². The Balaban J connectivity index is 0.000000176. The van der Waals surface area contributed by atoms with Crippen LogP contribution in [0.4, 0.5) is 0 Å². The lowest BCUT2D eigenvalue weighted by molar-refractivity contribution is 0.0512. The molecule has 0 heterocycles. The van der Waals surface area contributed by atoms with Crippen LogP contribution in [0.15, 0.2) is 24.3 Å². The van der Waals surface area contributed by atoms with E-state index < -0.39 is 8.80 Å². The van der Waals surface area contributed by atoms with Gasteiger partial charge in [-0.25, -0.2) is 0 Å². The van der Waals surface area contributed by atoms with Crippen LogP contribution >= 0.6 is 0 Å². The molecule has 0 amide bonds. The molecule has 4 aliphatic rings. The van der Waals surface area contributed by atoms with Crippen molar-refractivity contribution in [3.05, 3.63) is 24.3 Å². The molecular formula is C24H42O3Si. The second-order valence-electron chi connectivity index (χ2n) is 9.20. The molecule has 160 valence electrons. The maximum atomic E-state index is 6.06. The van der Waals surface area contributed by atoms with Crippen LogP contribution in [0.2, 0.25) is 5.04 Å².